The second-order valence-electron chi connectivity index (χ2n) is 2.38. The Kier molecular flexibility index (Phi) is 6.87. The Hall–Kier alpha value is 0.110. The van der Waals surface area contributed by atoms with E-state index in [9.17, 15) is 8.78 Å². The summed E-state index contributed by atoms with van der Waals surface area (Å²) in [6.07, 6.45) is -0.663. The van der Waals surface area contributed by atoms with Crippen molar-refractivity contribution >= 4 is 11.6 Å². The average molecular weight is 186 g/mol. The highest BCUT2D eigenvalue weighted by Gasteiger charge is 2.07. The van der Waals surface area contributed by atoms with E-state index < -0.39 is 6.43 Å². The predicted octanol–water partition coefficient (Wildman–Crippen LogP) is 2.25. The van der Waals surface area contributed by atoms with Crippen LogP contribution in [0.5, 0.6) is 0 Å². The molecule has 0 fully saturated rings. The Labute approximate surface area is 71.1 Å². The van der Waals surface area contributed by atoms with Crippen molar-refractivity contribution in [1.82, 2.24) is 5.32 Å². The number of nitrogens with one attached hydrogen (secondary N) is 1. The van der Waals surface area contributed by atoms with Crippen molar-refractivity contribution < 1.29 is 8.78 Å². The molecule has 0 saturated heterocycles. The van der Waals surface area contributed by atoms with Crippen LogP contribution in [0.3, 0.4) is 0 Å². The van der Waals surface area contributed by atoms with Crippen molar-refractivity contribution in [2.24, 2.45) is 0 Å². The van der Waals surface area contributed by atoms with Crippen molar-refractivity contribution in [1.29, 1.82) is 0 Å². The van der Waals surface area contributed by atoms with Crippen LogP contribution in [0.15, 0.2) is 0 Å². The van der Waals surface area contributed by atoms with Gasteiger partial charge in [0.15, 0.2) is 0 Å². The minimum atomic E-state index is -2.26. The van der Waals surface area contributed by atoms with Crippen LogP contribution >= 0.6 is 11.6 Å². The molecule has 1 N–H and O–H groups in total. The van der Waals surface area contributed by atoms with Crippen LogP contribution in [0.1, 0.15) is 19.8 Å². The summed E-state index contributed by atoms with van der Waals surface area (Å²) in [5, 5.41) is 2.74. The van der Waals surface area contributed by atoms with Gasteiger partial charge in [-0.1, -0.05) is 6.92 Å². The normalized spacial score (nSPS) is 13.9. The number of hydrogen-bond acceptors (Lipinski definition) is 1. The van der Waals surface area contributed by atoms with Gasteiger partial charge < -0.3 is 5.32 Å². The summed E-state index contributed by atoms with van der Waals surface area (Å²) < 4.78 is 23.4. The van der Waals surface area contributed by atoms with E-state index in [0.29, 0.717) is 5.88 Å². The molecular weight excluding hydrogens is 172 g/mol. The molecule has 1 nitrogen and oxygen atoms in total. The zero-order chi connectivity index (χ0) is 8.69. The van der Waals surface area contributed by atoms with Crippen LogP contribution in [-0.4, -0.2) is 24.9 Å². The van der Waals surface area contributed by atoms with Crippen LogP contribution in [0.4, 0.5) is 8.78 Å². The SMILES string of the molecule is CCC(CCCl)NCC(F)F. The summed E-state index contributed by atoms with van der Waals surface area (Å²) >= 11 is 5.46. The minimum Gasteiger partial charge on any atom is -0.309 e. The maximum Gasteiger partial charge on any atom is 0.250 e. The Morgan fingerprint density at radius 3 is 2.45 bits per heavy atom. The maximum atomic E-state index is 11.7. The van der Waals surface area contributed by atoms with Gasteiger partial charge in [-0.05, 0) is 12.8 Å². The lowest BCUT2D eigenvalue weighted by Crippen LogP contribution is -2.32. The fraction of sp³-hybridized carbons (Fsp3) is 1.00. The zero-order valence-electron chi connectivity index (χ0n) is 6.62. The molecule has 68 valence electrons. The summed E-state index contributed by atoms with van der Waals surface area (Å²) in [5.41, 5.74) is 0. The second kappa shape index (κ2) is 6.80. The Bertz CT molecular complexity index is 90.5. The van der Waals surface area contributed by atoms with Gasteiger partial charge in [-0.2, -0.15) is 0 Å². The van der Waals surface area contributed by atoms with Crippen molar-refractivity contribution in [3.63, 3.8) is 0 Å². The molecular formula is C7H14ClF2N. The topological polar surface area (TPSA) is 12.0 Å². The number of alkyl halides is 3. The molecule has 4 heteroatoms. The highest BCUT2D eigenvalue weighted by molar-refractivity contribution is 6.17. The standard InChI is InChI=1S/C7H14ClF2N/c1-2-6(3-4-8)11-5-7(9)10/h6-7,11H,2-5H2,1H3. The molecule has 0 aliphatic heterocycles. The van der Waals surface area contributed by atoms with E-state index in [1.807, 2.05) is 6.92 Å². The number of rotatable bonds is 6. The third kappa shape index (κ3) is 6.51. The van der Waals surface area contributed by atoms with Crippen LogP contribution < -0.4 is 5.32 Å². The fourth-order valence-corrected chi connectivity index (χ4v) is 1.10. The van der Waals surface area contributed by atoms with Crippen molar-refractivity contribution in [3.8, 4) is 0 Å². The van der Waals surface area contributed by atoms with Gasteiger partial charge in [0.05, 0.1) is 6.54 Å². The number of halogens is 3. The first kappa shape index (κ1) is 11.1. The van der Waals surface area contributed by atoms with Gasteiger partial charge in [-0.25, -0.2) is 8.78 Å². The first-order valence-electron chi connectivity index (χ1n) is 3.78. The molecule has 0 bridgehead atoms. The lowest BCUT2D eigenvalue weighted by molar-refractivity contribution is 0.140. The molecule has 0 amide bonds. The minimum absolute atomic E-state index is 0.140. The summed E-state index contributed by atoms with van der Waals surface area (Å²) in [4.78, 5) is 0. The molecule has 1 atom stereocenters. The Balaban J connectivity index is 3.35. The molecule has 0 radical (unpaired) electrons. The molecule has 0 rings (SSSR count). The molecule has 11 heavy (non-hydrogen) atoms. The lowest BCUT2D eigenvalue weighted by Gasteiger charge is -2.14. The zero-order valence-corrected chi connectivity index (χ0v) is 7.37. The maximum absolute atomic E-state index is 11.7. The number of hydrogen-bond donors (Lipinski definition) is 1. The van der Waals surface area contributed by atoms with E-state index in [-0.39, 0.29) is 12.6 Å². The third-order valence-corrected chi connectivity index (χ3v) is 1.73. The summed E-state index contributed by atoms with van der Waals surface area (Å²) in [7, 11) is 0. The molecule has 1 unspecified atom stereocenters. The largest absolute Gasteiger partial charge is 0.309 e. The van der Waals surface area contributed by atoms with E-state index in [0.717, 1.165) is 12.8 Å². The van der Waals surface area contributed by atoms with Gasteiger partial charge in [-0.15, -0.1) is 11.6 Å². The van der Waals surface area contributed by atoms with Gasteiger partial charge in [0.1, 0.15) is 0 Å². The van der Waals surface area contributed by atoms with Crippen LogP contribution in [-0.2, 0) is 0 Å². The predicted molar refractivity (Wildman–Crippen MR) is 43.4 cm³/mol. The summed E-state index contributed by atoms with van der Waals surface area (Å²) in [6.45, 7) is 1.73. The lowest BCUT2D eigenvalue weighted by atomic mass is 10.2. The molecule has 0 aliphatic carbocycles. The summed E-state index contributed by atoms with van der Waals surface area (Å²) in [6, 6.07) is 0.140. The van der Waals surface area contributed by atoms with Crippen molar-refractivity contribution in [2.75, 3.05) is 12.4 Å². The van der Waals surface area contributed by atoms with Gasteiger partial charge >= 0.3 is 0 Å². The van der Waals surface area contributed by atoms with Crippen LogP contribution in [0.25, 0.3) is 0 Å². The third-order valence-electron chi connectivity index (χ3n) is 1.51. The molecule has 0 aromatic carbocycles. The van der Waals surface area contributed by atoms with E-state index in [1.165, 1.54) is 0 Å². The molecule has 0 saturated carbocycles. The van der Waals surface area contributed by atoms with E-state index in [1.54, 1.807) is 0 Å². The van der Waals surface area contributed by atoms with Crippen LogP contribution in [0, 0.1) is 0 Å². The summed E-state index contributed by atoms with van der Waals surface area (Å²) in [5.74, 6) is 0.523. The molecule has 0 heterocycles. The molecule has 0 aliphatic rings. The van der Waals surface area contributed by atoms with Gasteiger partial charge in [0.2, 0.25) is 0 Å². The highest BCUT2D eigenvalue weighted by Crippen LogP contribution is 2.00. The van der Waals surface area contributed by atoms with E-state index >= 15 is 0 Å². The monoisotopic (exact) mass is 185 g/mol. The molecule has 0 spiro atoms. The molecule has 0 aromatic rings. The average Bonchev–Trinajstić information content (AvgIpc) is 1.97. The quantitative estimate of drug-likeness (QED) is 0.626. The second-order valence-corrected chi connectivity index (χ2v) is 2.76. The highest BCUT2D eigenvalue weighted by atomic mass is 35.5. The van der Waals surface area contributed by atoms with E-state index in [4.69, 9.17) is 11.6 Å². The Morgan fingerprint density at radius 1 is 1.45 bits per heavy atom. The van der Waals surface area contributed by atoms with Crippen molar-refractivity contribution in [3.05, 3.63) is 0 Å². The van der Waals surface area contributed by atoms with Gasteiger partial charge in [-0.3, -0.25) is 0 Å². The Morgan fingerprint density at radius 2 is 2.09 bits per heavy atom. The fourth-order valence-electron chi connectivity index (χ4n) is 0.838. The smallest absolute Gasteiger partial charge is 0.250 e. The molecule has 0 aromatic heterocycles. The first-order valence-corrected chi connectivity index (χ1v) is 4.31. The van der Waals surface area contributed by atoms with E-state index in [2.05, 4.69) is 5.32 Å². The van der Waals surface area contributed by atoms with Gasteiger partial charge in [0, 0.05) is 11.9 Å². The first-order chi connectivity index (χ1) is 5.20. The van der Waals surface area contributed by atoms with Gasteiger partial charge in [0.25, 0.3) is 6.43 Å². The van der Waals surface area contributed by atoms with Crippen molar-refractivity contribution in [2.45, 2.75) is 32.2 Å². The van der Waals surface area contributed by atoms with Crippen LogP contribution in [0.2, 0.25) is 0 Å².